The van der Waals surface area contributed by atoms with Gasteiger partial charge in [-0.05, 0) is 34.5 Å². The van der Waals surface area contributed by atoms with E-state index in [1.165, 1.54) is 13.2 Å². The van der Waals surface area contributed by atoms with Crippen LogP contribution in [0.4, 0.5) is 0 Å². The Kier molecular flexibility index (Phi) is 5.97. The van der Waals surface area contributed by atoms with Crippen LogP contribution in [0.3, 0.4) is 0 Å². The number of hydrogen-bond acceptors (Lipinski definition) is 6. The van der Waals surface area contributed by atoms with E-state index in [-0.39, 0.29) is 11.5 Å². The van der Waals surface area contributed by atoms with Crippen LogP contribution in [0.2, 0.25) is 0 Å². The molecule has 0 atom stereocenters. The number of thiophene rings is 1. The quantitative estimate of drug-likeness (QED) is 0.459. The molecule has 3 aromatic heterocycles. The second kappa shape index (κ2) is 9.21. The van der Waals surface area contributed by atoms with E-state index in [0.717, 1.165) is 22.4 Å². The number of methoxy groups -OCH3 is 1. The van der Waals surface area contributed by atoms with Crippen molar-refractivity contribution >= 4 is 28.3 Å². The van der Waals surface area contributed by atoms with Crippen LogP contribution >= 0.6 is 11.3 Å². The number of fused-ring (bicyclic) bond motifs is 2. The lowest BCUT2D eigenvalue weighted by atomic mass is 10.1. The number of aromatic amines is 1. The van der Waals surface area contributed by atoms with E-state index in [1.54, 1.807) is 15.9 Å². The van der Waals surface area contributed by atoms with E-state index in [2.05, 4.69) is 20.2 Å². The minimum atomic E-state index is -0.229. The molecule has 0 unspecified atom stereocenters. The van der Waals surface area contributed by atoms with Gasteiger partial charge in [0.25, 0.3) is 11.5 Å². The van der Waals surface area contributed by atoms with E-state index in [1.807, 2.05) is 41.1 Å². The van der Waals surface area contributed by atoms with Gasteiger partial charge in [-0.15, -0.1) is 0 Å². The van der Waals surface area contributed by atoms with E-state index >= 15 is 0 Å². The Morgan fingerprint density at radius 3 is 2.91 bits per heavy atom. The maximum Gasteiger partial charge on any atom is 0.257 e. The van der Waals surface area contributed by atoms with Crippen LogP contribution in [0.15, 0.2) is 52.0 Å². The third kappa shape index (κ3) is 4.42. The molecule has 0 radical (unpaired) electrons. The Labute approximate surface area is 194 Å². The number of H-pyrrole nitrogens is 1. The molecule has 1 aliphatic heterocycles. The molecule has 9 heteroatoms. The largest absolute Gasteiger partial charge is 0.496 e. The summed E-state index contributed by atoms with van der Waals surface area (Å²) >= 11 is 1.59. The Hall–Kier alpha value is -3.43. The predicted molar refractivity (Wildman–Crippen MR) is 128 cm³/mol. The average Bonchev–Trinajstić information content (AvgIpc) is 3.43. The number of nitrogens with one attached hydrogen (secondary N) is 2. The summed E-state index contributed by atoms with van der Waals surface area (Å²) in [4.78, 5) is 36.3. The fourth-order valence-electron chi connectivity index (χ4n) is 4.31. The number of para-hydroxylation sites is 2. The molecule has 0 fully saturated rings. The normalized spacial score (nSPS) is 14.1. The molecule has 0 aliphatic carbocycles. The van der Waals surface area contributed by atoms with Gasteiger partial charge in [-0.3, -0.25) is 14.5 Å². The van der Waals surface area contributed by atoms with Crippen molar-refractivity contribution in [3.63, 3.8) is 0 Å². The second-order valence-corrected chi connectivity index (χ2v) is 8.85. The van der Waals surface area contributed by atoms with Crippen LogP contribution in [0.25, 0.3) is 11.0 Å². The SMILES string of the molecule is COc1cc(=O)n2c(c1C(=O)NCc1ccsc1)CCN(Cc1nc3ccccc3[nH]1)CC2. The molecular weight excluding hydrogens is 438 g/mol. The van der Waals surface area contributed by atoms with E-state index in [0.29, 0.717) is 56.2 Å². The van der Waals surface area contributed by atoms with Crippen LogP contribution in [0, 0.1) is 0 Å². The number of nitrogens with zero attached hydrogens (tertiary/aromatic N) is 3. The standard InChI is InChI=1S/C24H25N5O3S/c1-32-20-12-22(30)29-10-9-28(14-21-26-17-4-2-3-5-18(17)27-21)8-6-19(29)23(20)24(31)25-13-16-7-11-33-15-16/h2-5,7,11-12,15H,6,8-10,13-14H2,1H3,(H,25,31)(H,26,27). The molecule has 0 saturated carbocycles. The van der Waals surface area contributed by atoms with Crippen molar-refractivity contribution in [2.45, 2.75) is 26.1 Å². The summed E-state index contributed by atoms with van der Waals surface area (Å²) < 4.78 is 7.16. The number of rotatable bonds is 6. The Balaban J connectivity index is 1.38. The Morgan fingerprint density at radius 2 is 2.12 bits per heavy atom. The van der Waals surface area contributed by atoms with Gasteiger partial charge in [-0.1, -0.05) is 12.1 Å². The van der Waals surface area contributed by atoms with Gasteiger partial charge in [0.15, 0.2) is 0 Å². The predicted octanol–water partition coefficient (Wildman–Crippen LogP) is 2.78. The highest BCUT2D eigenvalue weighted by molar-refractivity contribution is 7.07. The molecule has 2 N–H and O–H groups in total. The third-order valence-corrected chi connectivity index (χ3v) is 6.71. The van der Waals surface area contributed by atoms with Gasteiger partial charge in [0.2, 0.25) is 0 Å². The van der Waals surface area contributed by atoms with Gasteiger partial charge < -0.3 is 19.6 Å². The number of imidazole rings is 1. The number of aromatic nitrogens is 3. The number of carbonyl (C=O) groups excluding carboxylic acids is 1. The molecule has 33 heavy (non-hydrogen) atoms. The van der Waals surface area contributed by atoms with Crippen molar-refractivity contribution in [3.05, 3.63) is 80.2 Å². The van der Waals surface area contributed by atoms with Gasteiger partial charge in [0.1, 0.15) is 17.1 Å². The first kappa shape index (κ1) is 21.4. The van der Waals surface area contributed by atoms with Crippen LogP contribution in [-0.2, 0) is 26.1 Å². The van der Waals surface area contributed by atoms with Gasteiger partial charge in [0.05, 0.1) is 24.7 Å². The first-order valence-electron chi connectivity index (χ1n) is 10.9. The summed E-state index contributed by atoms with van der Waals surface area (Å²) in [6, 6.07) is 11.3. The summed E-state index contributed by atoms with van der Waals surface area (Å²) in [6.45, 7) is 2.97. The first-order chi connectivity index (χ1) is 16.1. The topological polar surface area (TPSA) is 92.2 Å². The first-order valence-corrected chi connectivity index (χ1v) is 11.8. The molecule has 0 saturated heterocycles. The van der Waals surface area contributed by atoms with Crippen LogP contribution in [-0.4, -0.2) is 45.5 Å². The zero-order chi connectivity index (χ0) is 22.8. The van der Waals surface area contributed by atoms with Crippen molar-refractivity contribution < 1.29 is 9.53 Å². The van der Waals surface area contributed by atoms with Gasteiger partial charge in [-0.25, -0.2) is 4.98 Å². The zero-order valence-electron chi connectivity index (χ0n) is 18.3. The molecular formula is C24H25N5O3S. The average molecular weight is 464 g/mol. The maximum atomic E-state index is 13.2. The van der Waals surface area contributed by atoms with Crippen molar-refractivity contribution in [2.75, 3.05) is 20.2 Å². The number of ether oxygens (including phenoxy) is 1. The molecule has 1 aromatic carbocycles. The van der Waals surface area contributed by atoms with Crippen LogP contribution in [0.5, 0.6) is 5.75 Å². The monoisotopic (exact) mass is 463 g/mol. The van der Waals surface area contributed by atoms with Crippen LogP contribution in [0.1, 0.15) is 27.4 Å². The summed E-state index contributed by atoms with van der Waals surface area (Å²) in [5.74, 6) is 0.980. The number of benzene rings is 1. The third-order valence-electron chi connectivity index (χ3n) is 5.98. The molecule has 170 valence electrons. The van der Waals surface area contributed by atoms with Crippen LogP contribution < -0.4 is 15.6 Å². The fourth-order valence-corrected chi connectivity index (χ4v) is 4.98. The molecule has 0 spiro atoms. The number of pyridine rings is 1. The highest BCUT2D eigenvalue weighted by Gasteiger charge is 2.25. The summed E-state index contributed by atoms with van der Waals surface area (Å²) in [5.41, 5.74) is 4.00. The van der Waals surface area contributed by atoms with Gasteiger partial charge in [-0.2, -0.15) is 11.3 Å². The van der Waals surface area contributed by atoms with E-state index in [4.69, 9.17) is 4.74 Å². The van der Waals surface area contributed by atoms with Gasteiger partial charge >= 0.3 is 0 Å². The van der Waals surface area contributed by atoms with Crippen molar-refractivity contribution in [3.8, 4) is 5.75 Å². The Bertz CT molecular complexity index is 1310. The fraction of sp³-hybridized carbons (Fsp3) is 0.292. The highest BCUT2D eigenvalue weighted by Crippen LogP contribution is 2.23. The molecule has 1 aliphatic rings. The number of carbonyl (C=O) groups is 1. The second-order valence-electron chi connectivity index (χ2n) is 8.07. The van der Waals surface area contributed by atoms with Crippen molar-refractivity contribution in [1.82, 2.24) is 24.8 Å². The van der Waals surface area contributed by atoms with Gasteiger partial charge in [0, 0.05) is 44.4 Å². The molecule has 4 aromatic rings. The summed E-state index contributed by atoms with van der Waals surface area (Å²) in [7, 11) is 1.49. The van der Waals surface area contributed by atoms with Crippen molar-refractivity contribution in [2.24, 2.45) is 0 Å². The van der Waals surface area contributed by atoms with E-state index in [9.17, 15) is 9.59 Å². The molecule has 4 heterocycles. The molecule has 5 rings (SSSR count). The number of amides is 1. The lowest BCUT2D eigenvalue weighted by Gasteiger charge is -2.17. The highest BCUT2D eigenvalue weighted by atomic mass is 32.1. The van der Waals surface area contributed by atoms with Crippen molar-refractivity contribution in [1.29, 1.82) is 0 Å². The summed E-state index contributed by atoms with van der Waals surface area (Å²) in [5, 5.41) is 6.96. The molecule has 1 amide bonds. The van der Waals surface area contributed by atoms with E-state index < -0.39 is 0 Å². The molecule has 0 bridgehead atoms. The summed E-state index contributed by atoms with van der Waals surface area (Å²) in [6.07, 6.45) is 0.563. The minimum Gasteiger partial charge on any atom is -0.496 e. The minimum absolute atomic E-state index is 0.151. The Morgan fingerprint density at radius 1 is 1.24 bits per heavy atom. The smallest absolute Gasteiger partial charge is 0.257 e. The lowest BCUT2D eigenvalue weighted by Crippen LogP contribution is -2.31. The lowest BCUT2D eigenvalue weighted by molar-refractivity contribution is 0.0945. The zero-order valence-corrected chi connectivity index (χ0v) is 19.2. The molecule has 8 nitrogen and oxygen atoms in total. The maximum absolute atomic E-state index is 13.2. The number of hydrogen-bond donors (Lipinski definition) is 2.